The van der Waals surface area contributed by atoms with Crippen molar-refractivity contribution in [1.82, 2.24) is 5.32 Å². The molecule has 0 saturated heterocycles. The van der Waals surface area contributed by atoms with Crippen LogP contribution in [0.25, 0.3) is 0 Å². The third-order valence-corrected chi connectivity index (χ3v) is 13.6. The summed E-state index contributed by atoms with van der Waals surface area (Å²) in [6.07, 6.45) is 66.6. The standard InChI is InChI=1S/C59H113NO5/c1-3-5-7-9-11-13-15-17-19-21-22-23-24-25-26-27-28-29-30-31-32-33-34-35-37-39-41-43-45-47-49-51-53-57(63)59(65)60-55(54-61)58(64)56(62)52-50-48-46-44-42-40-38-36-20-18-16-14-12-10-8-6-4-2/h25-26,36,38,44,46,55-58,61-64H,3-24,27-35,37,39-43,45,47-54H2,1-2H3,(H,60,65)/b26-25-,38-36+,46-44+. The maximum atomic E-state index is 12.6. The van der Waals surface area contributed by atoms with Gasteiger partial charge in [0.15, 0.2) is 0 Å². The summed E-state index contributed by atoms with van der Waals surface area (Å²) < 4.78 is 0. The van der Waals surface area contributed by atoms with Crippen LogP contribution in [0.15, 0.2) is 36.5 Å². The van der Waals surface area contributed by atoms with Crippen LogP contribution in [0.5, 0.6) is 0 Å². The van der Waals surface area contributed by atoms with Gasteiger partial charge >= 0.3 is 0 Å². The Kier molecular flexibility index (Phi) is 52.3. The molecule has 0 aliphatic rings. The number of hydrogen-bond acceptors (Lipinski definition) is 5. The zero-order valence-corrected chi connectivity index (χ0v) is 43.5. The SMILES string of the molecule is CCCCCCCCCC/C=C/CC/C=C/CCCC(O)C(O)C(CO)NC(=O)C(O)CCCCCCCCCCCCCCCCCC/C=C\CCCCCCCCCCCCCC. The molecule has 0 aromatic rings. The first-order valence-corrected chi connectivity index (χ1v) is 28.9. The monoisotopic (exact) mass is 916 g/mol. The fourth-order valence-electron chi connectivity index (χ4n) is 9.01. The Labute approximate surface area is 405 Å². The highest BCUT2D eigenvalue weighted by Gasteiger charge is 2.28. The molecule has 5 N–H and O–H groups in total. The van der Waals surface area contributed by atoms with E-state index in [1.807, 2.05) is 0 Å². The van der Waals surface area contributed by atoms with Crippen LogP contribution in [0.2, 0.25) is 0 Å². The number of nitrogens with one attached hydrogen (secondary N) is 1. The lowest BCUT2D eigenvalue weighted by Crippen LogP contribution is -2.53. The number of carbonyl (C=O) groups is 1. The van der Waals surface area contributed by atoms with Gasteiger partial charge in [-0.05, 0) is 77.0 Å². The molecule has 4 atom stereocenters. The zero-order valence-electron chi connectivity index (χ0n) is 43.5. The van der Waals surface area contributed by atoms with Gasteiger partial charge in [-0.25, -0.2) is 0 Å². The number of carbonyl (C=O) groups excluding carboxylic acids is 1. The van der Waals surface area contributed by atoms with Crippen LogP contribution < -0.4 is 5.32 Å². The minimum atomic E-state index is -1.29. The van der Waals surface area contributed by atoms with Crippen molar-refractivity contribution in [2.24, 2.45) is 0 Å². The number of hydrogen-bond donors (Lipinski definition) is 5. The third-order valence-electron chi connectivity index (χ3n) is 13.6. The summed E-state index contributed by atoms with van der Waals surface area (Å²) in [5.41, 5.74) is 0. The van der Waals surface area contributed by atoms with Gasteiger partial charge < -0.3 is 25.7 Å². The van der Waals surface area contributed by atoms with Gasteiger partial charge in [0.05, 0.1) is 18.8 Å². The lowest BCUT2D eigenvalue weighted by atomic mass is 10.00. The van der Waals surface area contributed by atoms with Crippen LogP contribution in [-0.2, 0) is 4.79 Å². The quantitative estimate of drug-likeness (QED) is 0.0308. The predicted molar refractivity (Wildman–Crippen MR) is 284 cm³/mol. The molecule has 0 fully saturated rings. The smallest absolute Gasteiger partial charge is 0.249 e. The fourth-order valence-corrected chi connectivity index (χ4v) is 9.01. The molecule has 0 aliphatic carbocycles. The summed E-state index contributed by atoms with van der Waals surface area (Å²) in [6, 6.07) is -1.01. The molecular weight excluding hydrogens is 803 g/mol. The Balaban J connectivity index is 3.61. The molecular formula is C59H113NO5. The minimum Gasteiger partial charge on any atom is -0.394 e. The summed E-state index contributed by atoms with van der Waals surface area (Å²) in [5.74, 6) is -0.594. The van der Waals surface area contributed by atoms with E-state index in [1.54, 1.807) is 0 Å². The molecule has 0 aromatic heterocycles. The first-order valence-electron chi connectivity index (χ1n) is 28.9. The van der Waals surface area contributed by atoms with E-state index in [0.717, 1.165) is 38.5 Å². The topological polar surface area (TPSA) is 110 Å². The summed E-state index contributed by atoms with van der Waals surface area (Å²) in [7, 11) is 0. The van der Waals surface area contributed by atoms with Gasteiger partial charge in [-0.15, -0.1) is 0 Å². The van der Waals surface area contributed by atoms with Crippen molar-refractivity contribution in [3.63, 3.8) is 0 Å². The second-order valence-electron chi connectivity index (χ2n) is 20.0. The molecule has 0 aliphatic heterocycles. The lowest BCUT2D eigenvalue weighted by molar-refractivity contribution is -0.132. The van der Waals surface area contributed by atoms with Crippen LogP contribution in [0.3, 0.4) is 0 Å². The highest BCUT2D eigenvalue weighted by Crippen LogP contribution is 2.17. The Bertz CT molecular complexity index is 1030. The minimum absolute atomic E-state index is 0.362. The molecule has 6 heteroatoms. The van der Waals surface area contributed by atoms with Gasteiger partial charge in [0.1, 0.15) is 12.2 Å². The number of amides is 1. The Hall–Kier alpha value is -1.47. The molecule has 0 bridgehead atoms. The number of allylic oxidation sites excluding steroid dienone is 6. The Morgan fingerprint density at radius 2 is 0.646 bits per heavy atom. The normalized spacial score (nSPS) is 14.0. The second kappa shape index (κ2) is 53.5. The summed E-state index contributed by atoms with van der Waals surface area (Å²) >= 11 is 0. The van der Waals surface area contributed by atoms with Crippen LogP contribution in [0.4, 0.5) is 0 Å². The Morgan fingerprint density at radius 3 is 0.969 bits per heavy atom. The average molecular weight is 917 g/mol. The second-order valence-corrected chi connectivity index (χ2v) is 20.0. The molecule has 65 heavy (non-hydrogen) atoms. The van der Waals surface area contributed by atoms with Crippen LogP contribution in [0, 0.1) is 0 Å². The molecule has 0 aromatic carbocycles. The summed E-state index contributed by atoms with van der Waals surface area (Å²) in [6.45, 7) is 4.06. The van der Waals surface area contributed by atoms with E-state index in [9.17, 15) is 25.2 Å². The first kappa shape index (κ1) is 63.5. The van der Waals surface area contributed by atoms with Crippen molar-refractivity contribution in [3.05, 3.63) is 36.5 Å². The van der Waals surface area contributed by atoms with Gasteiger partial charge in [-0.2, -0.15) is 0 Å². The maximum absolute atomic E-state index is 12.6. The predicted octanol–water partition coefficient (Wildman–Crippen LogP) is 16.8. The van der Waals surface area contributed by atoms with Gasteiger partial charge in [0.25, 0.3) is 0 Å². The molecule has 0 saturated carbocycles. The highest BCUT2D eigenvalue weighted by atomic mass is 16.3. The van der Waals surface area contributed by atoms with E-state index in [1.165, 1.54) is 231 Å². The van der Waals surface area contributed by atoms with E-state index >= 15 is 0 Å². The van der Waals surface area contributed by atoms with Gasteiger partial charge in [-0.3, -0.25) is 4.79 Å². The van der Waals surface area contributed by atoms with Crippen molar-refractivity contribution in [2.45, 2.75) is 327 Å². The van der Waals surface area contributed by atoms with Crippen molar-refractivity contribution < 1.29 is 25.2 Å². The van der Waals surface area contributed by atoms with Crippen LogP contribution in [-0.4, -0.2) is 57.3 Å². The molecule has 0 spiro atoms. The molecule has 1 amide bonds. The number of rotatable bonds is 53. The first-order chi connectivity index (χ1) is 32.0. The molecule has 6 nitrogen and oxygen atoms in total. The van der Waals surface area contributed by atoms with Crippen molar-refractivity contribution in [3.8, 4) is 0 Å². The molecule has 384 valence electrons. The zero-order chi connectivity index (χ0) is 47.4. The van der Waals surface area contributed by atoms with Crippen LogP contribution >= 0.6 is 0 Å². The molecule has 0 rings (SSSR count). The summed E-state index contributed by atoms with van der Waals surface area (Å²) in [5, 5.41) is 43.9. The van der Waals surface area contributed by atoms with E-state index in [4.69, 9.17) is 0 Å². The Morgan fingerprint density at radius 1 is 0.369 bits per heavy atom. The van der Waals surface area contributed by atoms with E-state index in [-0.39, 0.29) is 0 Å². The van der Waals surface area contributed by atoms with E-state index < -0.39 is 36.9 Å². The number of aliphatic hydroxyl groups excluding tert-OH is 4. The largest absolute Gasteiger partial charge is 0.394 e. The van der Waals surface area contributed by atoms with E-state index in [0.29, 0.717) is 19.3 Å². The average Bonchev–Trinajstić information content (AvgIpc) is 3.31. The number of aliphatic hydroxyl groups is 4. The summed E-state index contributed by atoms with van der Waals surface area (Å²) in [4.78, 5) is 12.6. The van der Waals surface area contributed by atoms with E-state index in [2.05, 4.69) is 55.6 Å². The van der Waals surface area contributed by atoms with Gasteiger partial charge in [0, 0.05) is 0 Å². The van der Waals surface area contributed by atoms with Gasteiger partial charge in [-0.1, -0.05) is 262 Å². The van der Waals surface area contributed by atoms with Gasteiger partial charge in [0.2, 0.25) is 5.91 Å². The lowest BCUT2D eigenvalue weighted by Gasteiger charge is -2.27. The van der Waals surface area contributed by atoms with Crippen molar-refractivity contribution in [1.29, 1.82) is 0 Å². The number of unbranched alkanes of at least 4 members (excludes halogenated alkanes) is 38. The molecule has 0 radical (unpaired) electrons. The van der Waals surface area contributed by atoms with Crippen molar-refractivity contribution in [2.75, 3.05) is 6.61 Å². The van der Waals surface area contributed by atoms with Crippen LogP contribution in [0.1, 0.15) is 303 Å². The maximum Gasteiger partial charge on any atom is 0.249 e. The molecule has 4 unspecified atom stereocenters. The molecule has 0 heterocycles. The fraction of sp³-hybridized carbons (Fsp3) is 0.881. The highest BCUT2D eigenvalue weighted by molar-refractivity contribution is 5.80. The third kappa shape index (κ3) is 47.4. The van der Waals surface area contributed by atoms with Crippen molar-refractivity contribution >= 4 is 5.91 Å².